The minimum absolute atomic E-state index is 0.649. The van der Waals surface area contributed by atoms with E-state index in [2.05, 4.69) is 45.6 Å². The third-order valence-corrected chi connectivity index (χ3v) is 3.88. The van der Waals surface area contributed by atoms with Crippen LogP contribution in [0.3, 0.4) is 0 Å². The Morgan fingerprint density at radius 2 is 0.854 bits per heavy atom. The predicted octanol–water partition coefficient (Wildman–Crippen LogP) is -5.40. The molecule has 0 rings (SSSR count). The topological polar surface area (TPSA) is 284 Å². The fraction of sp³-hybridized carbons (Fsp3) is 0.526. The summed E-state index contributed by atoms with van der Waals surface area (Å²) in [6.07, 6.45) is 0. The third kappa shape index (κ3) is 19.7. The zero-order valence-electron chi connectivity index (χ0n) is 22.2. The Labute approximate surface area is 230 Å². The van der Waals surface area contributed by atoms with E-state index in [4.69, 9.17) is 0 Å². The number of hydrogen-bond acceptors (Lipinski definition) is 16. The molecule has 0 aromatic rings. The van der Waals surface area contributed by atoms with Gasteiger partial charge in [-0.25, -0.2) is 14.4 Å². The molecule has 1 unspecified atom stereocenters. The smallest absolute Gasteiger partial charge is 0.342 e. The molecular weight excluding hydrogens is 566 g/mol. The van der Waals surface area contributed by atoms with Gasteiger partial charge in [-0.05, 0) is 6.92 Å². The van der Waals surface area contributed by atoms with E-state index >= 15 is 0 Å². The van der Waals surface area contributed by atoms with Gasteiger partial charge in [0.05, 0.1) is 38.8 Å². The standard InChI is InChI=1S/C19H29N7O15/c1-10(19(35)22-7-16(32)25-41-38-13(4)29)26(8-17(33)20-5-14(30)23-39-36-11(2)27)9-18(34)21-6-15(31)24-40-37-12(3)28/h10H,5-9H2,1-4H3,(H,20,33)(H,21,34)(H,22,35)(H,23,30)(H,24,31)(H,25,32). The molecule has 0 aromatic carbocycles. The van der Waals surface area contributed by atoms with Crippen molar-refractivity contribution in [3.8, 4) is 0 Å². The van der Waals surface area contributed by atoms with Gasteiger partial charge < -0.3 is 16.0 Å². The maximum atomic E-state index is 12.5. The SMILES string of the molecule is CC(=O)OONC(=O)CNC(=O)CN(CC(=O)NCC(=O)NOOC(C)=O)C(C)C(=O)NCC(=O)NOOC(C)=O. The minimum Gasteiger partial charge on any atom is -0.346 e. The van der Waals surface area contributed by atoms with Gasteiger partial charge in [0.2, 0.25) is 17.7 Å². The maximum absolute atomic E-state index is 12.5. The van der Waals surface area contributed by atoms with Crippen LogP contribution in [0, 0.1) is 0 Å². The van der Waals surface area contributed by atoms with Gasteiger partial charge in [-0.15, -0.1) is 0 Å². The lowest BCUT2D eigenvalue weighted by Crippen LogP contribution is -2.54. The second-order valence-electron chi connectivity index (χ2n) is 7.40. The van der Waals surface area contributed by atoms with Crippen LogP contribution in [0.5, 0.6) is 0 Å². The molecule has 0 fully saturated rings. The number of nitrogens with one attached hydrogen (secondary N) is 6. The molecule has 22 nitrogen and oxygen atoms in total. The van der Waals surface area contributed by atoms with E-state index in [-0.39, 0.29) is 0 Å². The first-order valence-electron chi connectivity index (χ1n) is 11.1. The summed E-state index contributed by atoms with van der Waals surface area (Å²) in [5, 5.41) is 6.52. The summed E-state index contributed by atoms with van der Waals surface area (Å²) < 4.78 is 0. The van der Waals surface area contributed by atoms with E-state index in [9.17, 15) is 43.2 Å². The molecule has 0 aliphatic heterocycles. The zero-order chi connectivity index (χ0) is 31.4. The minimum atomic E-state index is -1.25. The highest BCUT2D eigenvalue weighted by molar-refractivity contribution is 5.90. The van der Waals surface area contributed by atoms with Gasteiger partial charge in [0.15, 0.2) is 0 Å². The molecule has 41 heavy (non-hydrogen) atoms. The molecular formula is C19H29N7O15. The van der Waals surface area contributed by atoms with Crippen molar-refractivity contribution in [2.24, 2.45) is 0 Å². The first-order valence-corrected chi connectivity index (χ1v) is 11.1. The largest absolute Gasteiger partial charge is 0.346 e. The quantitative estimate of drug-likeness (QED) is 0.0637. The first kappa shape index (κ1) is 36.1. The highest BCUT2D eigenvalue weighted by atomic mass is 17.3. The van der Waals surface area contributed by atoms with Crippen LogP contribution in [0.2, 0.25) is 0 Å². The maximum Gasteiger partial charge on any atom is 0.342 e. The van der Waals surface area contributed by atoms with Crippen molar-refractivity contribution in [2.45, 2.75) is 33.7 Å². The van der Waals surface area contributed by atoms with Gasteiger partial charge in [-0.3, -0.25) is 48.3 Å². The average molecular weight is 595 g/mol. The number of rotatable bonds is 18. The molecule has 0 saturated heterocycles. The molecule has 1 atom stereocenters. The van der Waals surface area contributed by atoms with Crippen LogP contribution in [0.25, 0.3) is 0 Å². The molecule has 0 spiro atoms. The second-order valence-corrected chi connectivity index (χ2v) is 7.40. The van der Waals surface area contributed by atoms with E-state index in [1.807, 2.05) is 0 Å². The monoisotopic (exact) mass is 595 g/mol. The Kier molecular flexibility index (Phi) is 17.6. The fourth-order valence-corrected chi connectivity index (χ4v) is 2.14. The van der Waals surface area contributed by atoms with Crippen LogP contribution in [0.1, 0.15) is 27.7 Å². The van der Waals surface area contributed by atoms with Crippen LogP contribution in [0.4, 0.5) is 0 Å². The number of amides is 6. The normalized spacial score (nSPS) is 10.8. The van der Waals surface area contributed by atoms with Crippen molar-refractivity contribution in [3.05, 3.63) is 0 Å². The van der Waals surface area contributed by atoms with Crippen LogP contribution in [-0.4, -0.2) is 97.0 Å². The number of hydroxylamine groups is 3. The summed E-state index contributed by atoms with van der Waals surface area (Å²) in [6, 6.07) is -1.25. The molecule has 22 heteroatoms. The molecule has 6 N–H and O–H groups in total. The molecule has 0 saturated carbocycles. The Morgan fingerprint density at radius 3 is 1.17 bits per heavy atom. The van der Waals surface area contributed by atoms with Crippen LogP contribution < -0.4 is 32.4 Å². The second kappa shape index (κ2) is 20.0. The number of nitrogens with zero attached hydrogens (tertiary/aromatic N) is 1. The van der Waals surface area contributed by atoms with Crippen molar-refractivity contribution in [1.29, 1.82) is 0 Å². The van der Waals surface area contributed by atoms with E-state index in [1.165, 1.54) is 6.92 Å². The number of carbonyl (C=O) groups excluding carboxylic acids is 9. The number of carbonyl (C=O) groups is 9. The van der Waals surface area contributed by atoms with E-state index in [1.54, 1.807) is 16.4 Å². The molecule has 6 amide bonds. The van der Waals surface area contributed by atoms with Crippen molar-refractivity contribution in [3.63, 3.8) is 0 Å². The van der Waals surface area contributed by atoms with E-state index < -0.39 is 92.1 Å². The van der Waals surface area contributed by atoms with Gasteiger partial charge in [0, 0.05) is 20.8 Å². The average Bonchev–Trinajstić information content (AvgIpc) is 2.87. The highest BCUT2D eigenvalue weighted by Crippen LogP contribution is 2.00. The van der Waals surface area contributed by atoms with Crippen molar-refractivity contribution >= 4 is 53.4 Å². The van der Waals surface area contributed by atoms with Gasteiger partial charge in [0.1, 0.15) is 0 Å². The Morgan fingerprint density at radius 1 is 0.537 bits per heavy atom. The number of hydrogen-bond donors (Lipinski definition) is 6. The van der Waals surface area contributed by atoms with Gasteiger partial charge >= 0.3 is 17.9 Å². The van der Waals surface area contributed by atoms with Crippen molar-refractivity contribution < 1.29 is 72.8 Å². The molecule has 0 heterocycles. The molecule has 0 radical (unpaired) electrons. The van der Waals surface area contributed by atoms with Crippen molar-refractivity contribution in [1.82, 2.24) is 37.3 Å². The summed E-state index contributed by atoms with van der Waals surface area (Å²) in [4.78, 5) is 129. The van der Waals surface area contributed by atoms with Crippen LogP contribution >= 0.6 is 0 Å². The summed E-state index contributed by atoms with van der Waals surface area (Å²) in [5.74, 6) is -7.96. The molecule has 0 bridgehead atoms. The Balaban J connectivity index is 5.07. The molecule has 0 aliphatic carbocycles. The van der Waals surface area contributed by atoms with Crippen molar-refractivity contribution in [2.75, 3.05) is 32.7 Å². The summed E-state index contributed by atoms with van der Waals surface area (Å²) >= 11 is 0. The van der Waals surface area contributed by atoms with Gasteiger partial charge in [-0.2, -0.15) is 16.4 Å². The first-order chi connectivity index (χ1) is 19.2. The summed E-state index contributed by atoms with van der Waals surface area (Å²) in [7, 11) is 0. The predicted molar refractivity (Wildman–Crippen MR) is 123 cm³/mol. The molecule has 0 aliphatic rings. The van der Waals surface area contributed by atoms with E-state index in [0.29, 0.717) is 0 Å². The highest BCUT2D eigenvalue weighted by Gasteiger charge is 2.26. The van der Waals surface area contributed by atoms with E-state index in [0.717, 1.165) is 25.7 Å². The lowest BCUT2D eigenvalue weighted by molar-refractivity contribution is -0.300. The zero-order valence-corrected chi connectivity index (χ0v) is 22.2. The van der Waals surface area contributed by atoms with Gasteiger partial charge in [-0.1, -0.05) is 15.0 Å². The summed E-state index contributed by atoms with van der Waals surface area (Å²) in [5.41, 5.74) is 5.11. The fourth-order valence-electron chi connectivity index (χ4n) is 2.14. The lowest BCUT2D eigenvalue weighted by Gasteiger charge is -2.27. The third-order valence-electron chi connectivity index (χ3n) is 3.88. The summed E-state index contributed by atoms with van der Waals surface area (Å²) in [6.45, 7) is 0.989. The van der Waals surface area contributed by atoms with Crippen LogP contribution in [0.15, 0.2) is 0 Å². The molecule has 0 aromatic heterocycles. The van der Waals surface area contributed by atoms with Crippen LogP contribution in [-0.2, 0) is 72.8 Å². The lowest BCUT2D eigenvalue weighted by atomic mass is 10.2. The molecule has 230 valence electrons. The van der Waals surface area contributed by atoms with Gasteiger partial charge in [0.25, 0.3) is 17.7 Å². The Hall–Kier alpha value is -4.93. The Bertz CT molecular complexity index is 940.